The first-order chi connectivity index (χ1) is 10.9. The Balaban J connectivity index is 1.61. The van der Waals surface area contributed by atoms with Crippen molar-refractivity contribution in [2.24, 2.45) is 28.6 Å². The first-order valence-electron chi connectivity index (χ1n) is 8.83. The third kappa shape index (κ3) is 1.60. The van der Waals surface area contributed by atoms with Crippen LogP contribution in [0.1, 0.15) is 33.1 Å². The van der Waals surface area contributed by atoms with E-state index in [9.17, 15) is 15.0 Å². The molecule has 0 unspecified atom stereocenters. The number of ketones is 1. The highest BCUT2D eigenvalue weighted by Crippen LogP contribution is 2.68. The summed E-state index contributed by atoms with van der Waals surface area (Å²) >= 11 is 0. The van der Waals surface area contributed by atoms with Crippen molar-refractivity contribution in [3.8, 4) is 0 Å². The average Bonchev–Trinajstić information content (AvgIpc) is 3.24. The second-order valence-corrected chi connectivity index (χ2v) is 8.71. The molecule has 0 amide bonds. The van der Waals surface area contributed by atoms with Gasteiger partial charge in [-0.25, -0.2) is 0 Å². The van der Waals surface area contributed by atoms with Gasteiger partial charge in [-0.2, -0.15) is 0 Å². The molecule has 0 aromatic heterocycles. The highest BCUT2D eigenvalue weighted by Gasteiger charge is 2.70. The van der Waals surface area contributed by atoms with Crippen molar-refractivity contribution in [2.75, 3.05) is 0 Å². The maximum Gasteiger partial charge on any atom is 0.178 e. The fourth-order valence-electron chi connectivity index (χ4n) is 6.48. The van der Waals surface area contributed by atoms with E-state index in [0.29, 0.717) is 12.3 Å². The summed E-state index contributed by atoms with van der Waals surface area (Å²) in [6, 6.07) is 0. The van der Waals surface area contributed by atoms with Crippen LogP contribution < -0.4 is 0 Å². The fourth-order valence-corrected chi connectivity index (χ4v) is 6.48. The van der Waals surface area contributed by atoms with Gasteiger partial charge in [0, 0.05) is 11.8 Å². The van der Waals surface area contributed by atoms with Crippen LogP contribution >= 0.6 is 0 Å². The quantitative estimate of drug-likeness (QED) is 0.666. The number of aliphatic hydroxyl groups excluding tert-OH is 2. The summed E-state index contributed by atoms with van der Waals surface area (Å²) in [5.74, 6) is 0.795. The Morgan fingerprint density at radius 1 is 1.30 bits per heavy atom. The number of aliphatic hydroxyl groups is 2. The molecule has 2 N–H and O–H groups in total. The minimum atomic E-state index is -0.448. The van der Waals surface area contributed by atoms with E-state index in [1.807, 2.05) is 0 Å². The lowest BCUT2D eigenvalue weighted by Crippen LogP contribution is -2.55. The number of fused-ring (bicyclic) bond motifs is 8. The molecule has 9 atom stereocenters. The molecule has 1 aliphatic heterocycles. The molecule has 23 heavy (non-hydrogen) atoms. The van der Waals surface area contributed by atoms with E-state index >= 15 is 0 Å². The zero-order valence-electron chi connectivity index (χ0n) is 13.6. The summed E-state index contributed by atoms with van der Waals surface area (Å²) in [6.07, 6.45) is 7.23. The molecule has 5 aliphatic rings. The van der Waals surface area contributed by atoms with Crippen LogP contribution in [0.5, 0.6) is 0 Å². The number of hydrogen-bond acceptors (Lipinski definition) is 4. The second-order valence-electron chi connectivity index (χ2n) is 8.71. The molecule has 0 bridgehead atoms. The zero-order chi connectivity index (χ0) is 16.1. The normalized spacial score (nSPS) is 59.6. The van der Waals surface area contributed by atoms with Gasteiger partial charge in [-0.1, -0.05) is 19.9 Å². The maximum absolute atomic E-state index is 11.8. The third-order valence-corrected chi connectivity index (χ3v) is 7.77. The molecule has 1 saturated heterocycles. The number of ether oxygens (including phenoxy) is 1. The lowest BCUT2D eigenvalue weighted by Gasteiger charge is -2.55. The van der Waals surface area contributed by atoms with Gasteiger partial charge in [-0.05, 0) is 53.7 Å². The van der Waals surface area contributed by atoms with Gasteiger partial charge in [0.1, 0.15) is 6.10 Å². The summed E-state index contributed by atoms with van der Waals surface area (Å²) in [5, 5.41) is 21.2. The van der Waals surface area contributed by atoms with Crippen LogP contribution in [0.25, 0.3) is 0 Å². The lowest BCUT2D eigenvalue weighted by molar-refractivity contribution is -0.111. The molecular weight excluding hydrogens is 292 g/mol. The second kappa shape index (κ2) is 4.16. The van der Waals surface area contributed by atoms with Crippen LogP contribution in [-0.2, 0) is 9.53 Å². The first-order valence-corrected chi connectivity index (χ1v) is 8.83. The Morgan fingerprint density at radius 2 is 2.09 bits per heavy atom. The van der Waals surface area contributed by atoms with E-state index in [2.05, 4.69) is 19.9 Å². The SMILES string of the molecule is C[C@]12CC[C@H]3[C@@H]([C@H]4O[C@H]4C4=CC(=O)C=C[C@@]43C)[C@@H]1[C@@H](O)C[C@@H]2O. The Labute approximate surface area is 136 Å². The number of rotatable bonds is 0. The Kier molecular flexibility index (Phi) is 2.60. The van der Waals surface area contributed by atoms with Gasteiger partial charge in [0.05, 0.1) is 18.3 Å². The maximum atomic E-state index is 11.8. The largest absolute Gasteiger partial charge is 0.393 e. The van der Waals surface area contributed by atoms with Gasteiger partial charge in [0.25, 0.3) is 0 Å². The smallest absolute Gasteiger partial charge is 0.178 e. The molecule has 4 nitrogen and oxygen atoms in total. The van der Waals surface area contributed by atoms with E-state index in [1.165, 1.54) is 0 Å². The number of carbonyl (C=O) groups excluding carboxylic acids is 1. The van der Waals surface area contributed by atoms with Crippen LogP contribution in [0, 0.1) is 28.6 Å². The topological polar surface area (TPSA) is 70.1 Å². The molecule has 4 heteroatoms. The van der Waals surface area contributed by atoms with Gasteiger partial charge >= 0.3 is 0 Å². The molecular formula is C19H24O4. The van der Waals surface area contributed by atoms with Gasteiger partial charge in [0.15, 0.2) is 5.78 Å². The zero-order valence-corrected chi connectivity index (χ0v) is 13.6. The minimum absolute atomic E-state index is 0.0300. The highest BCUT2D eigenvalue weighted by atomic mass is 16.6. The van der Waals surface area contributed by atoms with Crippen molar-refractivity contribution in [1.82, 2.24) is 0 Å². The van der Waals surface area contributed by atoms with Crippen molar-refractivity contribution >= 4 is 5.78 Å². The van der Waals surface area contributed by atoms with E-state index in [4.69, 9.17) is 4.74 Å². The summed E-state index contributed by atoms with van der Waals surface area (Å²) in [4.78, 5) is 11.8. The van der Waals surface area contributed by atoms with Crippen LogP contribution in [0.15, 0.2) is 23.8 Å². The third-order valence-electron chi connectivity index (χ3n) is 7.77. The number of hydrogen-bond donors (Lipinski definition) is 2. The van der Waals surface area contributed by atoms with Gasteiger partial charge in [0.2, 0.25) is 0 Å². The van der Waals surface area contributed by atoms with Crippen molar-refractivity contribution in [3.05, 3.63) is 23.8 Å². The summed E-state index contributed by atoms with van der Waals surface area (Å²) < 4.78 is 6.02. The van der Waals surface area contributed by atoms with Gasteiger partial charge in [-0.15, -0.1) is 0 Å². The Bertz CT molecular complexity index is 652. The van der Waals surface area contributed by atoms with Crippen molar-refractivity contribution in [2.45, 2.75) is 57.5 Å². The van der Waals surface area contributed by atoms with Crippen LogP contribution in [-0.4, -0.2) is 40.4 Å². The highest BCUT2D eigenvalue weighted by molar-refractivity contribution is 6.01. The molecule has 0 aromatic carbocycles. The predicted molar refractivity (Wildman–Crippen MR) is 83.4 cm³/mol. The average molecular weight is 316 g/mol. The molecule has 0 radical (unpaired) electrons. The molecule has 0 spiro atoms. The predicted octanol–water partition coefficient (Wildman–Crippen LogP) is 1.61. The Morgan fingerprint density at radius 3 is 2.87 bits per heavy atom. The van der Waals surface area contributed by atoms with Crippen LogP contribution in [0.4, 0.5) is 0 Å². The Hall–Kier alpha value is -0.970. The molecule has 5 rings (SSSR count). The minimum Gasteiger partial charge on any atom is -0.393 e. The summed E-state index contributed by atoms with van der Waals surface area (Å²) in [6.45, 7) is 4.36. The first kappa shape index (κ1) is 14.4. The van der Waals surface area contributed by atoms with Crippen molar-refractivity contribution in [1.29, 1.82) is 0 Å². The van der Waals surface area contributed by atoms with Crippen molar-refractivity contribution < 1.29 is 19.7 Å². The van der Waals surface area contributed by atoms with E-state index in [-0.39, 0.29) is 40.7 Å². The molecule has 4 aliphatic carbocycles. The molecule has 3 saturated carbocycles. The molecule has 1 heterocycles. The van der Waals surface area contributed by atoms with E-state index in [0.717, 1.165) is 18.4 Å². The summed E-state index contributed by atoms with van der Waals surface area (Å²) in [7, 11) is 0. The number of allylic oxidation sites excluding steroid dienone is 3. The molecule has 124 valence electrons. The lowest BCUT2D eigenvalue weighted by atomic mass is 9.48. The summed E-state index contributed by atoms with van der Waals surface area (Å²) in [5.41, 5.74) is 0.779. The van der Waals surface area contributed by atoms with Crippen LogP contribution in [0.3, 0.4) is 0 Å². The van der Waals surface area contributed by atoms with E-state index < -0.39 is 12.2 Å². The monoisotopic (exact) mass is 316 g/mol. The number of carbonyl (C=O) groups is 1. The van der Waals surface area contributed by atoms with E-state index in [1.54, 1.807) is 12.2 Å². The molecule has 4 fully saturated rings. The van der Waals surface area contributed by atoms with Crippen molar-refractivity contribution in [3.63, 3.8) is 0 Å². The standard InChI is InChI=1S/C19H24O4/c1-18-5-3-9(20)7-11(18)16-17(23-16)14-10(18)4-6-19(2)13(22)8-12(21)15(14)19/h3,5,7,10,12-17,21-22H,4,6,8H2,1-2H3/t10-,12-,13-,14+,15-,16-,17+,18+,19+/m0/s1. The molecule has 0 aromatic rings. The van der Waals surface area contributed by atoms with Gasteiger partial charge < -0.3 is 14.9 Å². The fraction of sp³-hybridized carbons (Fsp3) is 0.737. The number of epoxide rings is 1. The van der Waals surface area contributed by atoms with Crippen LogP contribution in [0.2, 0.25) is 0 Å². The van der Waals surface area contributed by atoms with Gasteiger partial charge in [-0.3, -0.25) is 4.79 Å².